The van der Waals surface area contributed by atoms with Crippen LogP contribution in [0.4, 0.5) is 0 Å². The van der Waals surface area contributed by atoms with Crippen molar-refractivity contribution >= 4 is 21.8 Å². The Morgan fingerprint density at radius 3 is 3.00 bits per heavy atom. The van der Waals surface area contributed by atoms with Gasteiger partial charge in [0, 0.05) is 11.4 Å². The van der Waals surface area contributed by atoms with Gasteiger partial charge in [-0.3, -0.25) is 4.79 Å². The number of carbonyl (C=O) groups is 1. The molecule has 0 aliphatic rings. The van der Waals surface area contributed by atoms with E-state index in [0.29, 0.717) is 22.8 Å². The number of aromatic nitrogens is 1. The van der Waals surface area contributed by atoms with Crippen LogP contribution in [0.1, 0.15) is 29.6 Å². The summed E-state index contributed by atoms with van der Waals surface area (Å²) in [5, 5.41) is 2.75. The fraction of sp³-hybridized carbons (Fsp3) is 0.556. The minimum Gasteiger partial charge on any atom is -0.438 e. The number of nitrogens with zero attached hydrogens (tertiary/aromatic N) is 1. The van der Waals surface area contributed by atoms with Gasteiger partial charge in [-0.15, -0.1) is 0 Å². The fourth-order valence-electron chi connectivity index (χ4n) is 0.985. The highest BCUT2D eigenvalue weighted by atomic mass is 79.9. The highest BCUT2D eigenvalue weighted by Gasteiger charge is 2.12. The maximum atomic E-state index is 11.4. The molecule has 1 aromatic heterocycles. The van der Waals surface area contributed by atoms with Gasteiger partial charge in [0.25, 0.3) is 5.91 Å². The lowest BCUT2D eigenvalue weighted by Crippen LogP contribution is -2.25. The largest absolute Gasteiger partial charge is 0.438 e. The first-order chi connectivity index (χ1) is 6.61. The van der Waals surface area contributed by atoms with Gasteiger partial charge in [-0.25, -0.2) is 4.98 Å². The van der Waals surface area contributed by atoms with Crippen LogP contribution in [0.25, 0.3) is 0 Å². The van der Waals surface area contributed by atoms with Crippen molar-refractivity contribution in [2.75, 3.05) is 6.54 Å². The third-order valence-electron chi connectivity index (χ3n) is 1.78. The predicted octanol–water partition coefficient (Wildman–Crippen LogP) is 1.89. The van der Waals surface area contributed by atoms with Gasteiger partial charge >= 0.3 is 0 Å². The molecule has 1 N–H and O–H groups in total. The number of oxazole rings is 1. The summed E-state index contributed by atoms with van der Waals surface area (Å²) in [5.74, 6) is 0.0976. The lowest BCUT2D eigenvalue weighted by molar-refractivity contribution is 0.0925. The molecule has 4 nitrogen and oxygen atoms in total. The molecule has 78 valence electrons. The molecule has 14 heavy (non-hydrogen) atoms. The third kappa shape index (κ3) is 3.14. The van der Waals surface area contributed by atoms with Crippen molar-refractivity contribution in [2.24, 2.45) is 0 Å². The Morgan fingerprint density at radius 2 is 2.50 bits per heavy atom. The first-order valence-electron chi connectivity index (χ1n) is 4.43. The summed E-state index contributed by atoms with van der Waals surface area (Å²) in [6.07, 6.45) is 2.16. The molecule has 0 saturated carbocycles. The normalized spacial score (nSPS) is 12.5. The van der Waals surface area contributed by atoms with E-state index >= 15 is 0 Å². The van der Waals surface area contributed by atoms with Gasteiger partial charge in [0.15, 0.2) is 6.39 Å². The topological polar surface area (TPSA) is 55.1 Å². The Labute approximate surface area is 91.2 Å². The van der Waals surface area contributed by atoms with E-state index in [1.54, 1.807) is 6.92 Å². The summed E-state index contributed by atoms with van der Waals surface area (Å²) >= 11 is 3.40. The van der Waals surface area contributed by atoms with Gasteiger partial charge in [0.2, 0.25) is 5.76 Å². The van der Waals surface area contributed by atoms with Gasteiger partial charge in [0.1, 0.15) is 0 Å². The van der Waals surface area contributed by atoms with Crippen LogP contribution in [0.3, 0.4) is 0 Å². The number of halogens is 1. The second kappa shape index (κ2) is 5.14. The number of alkyl halides is 1. The van der Waals surface area contributed by atoms with Crippen LogP contribution < -0.4 is 5.32 Å². The molecular formula is C9H13BrN2O2. The Kier molecular flexibility index (Phi) is 4.13. The number of hydrogen-bond donors (Lipinski definition) is 1. The van der Waals surface area contributed by atoms with Gasteiger partial charge in [-0.1, -0.05) is 22.9 Å². The van der Waals surface area contributed by atoms with Gasteiger partial charge < -0.3 is 9.73 Å². The predicted molar refractivity (Wildman–Crippen MR) is 56.6 cm³/mol. The molecule has 0 saturated heterocycles. The monoisotopic (exact) mass is 260 g/mol. The Balaban J connectivity index is 2.40. The number of hydrogen-bond acceptors (Lipinski definition) is 3. The Morgan fingerprint density at radius 1 is 1.79 bits per heavy atom. The number of carbonyl (C=O) groups excluding carboxylic acids is 1. The maximum Gasteiger partial charge on any atom is 0.288 e. The molecule has 1 rings (SSSR count). The number of amides is 1. The zero-order valence-corrected chi connectivity index (χ0v) is 9.80. The minimum atomic E-state index is -0.201. The number of aryl methyl sites for hydroxylation is 1. The van der Waals surface area contributed by atoms with E-state index in [1.165, 1.54) is 6.39 Å². The first kappa shape index (κ1) is 11.2. The molecule has 1 unspecified atom stereocenters. The van der Waals surface area contributed by atoms with Crippen molar-refractivity contribution in [1.82, 2.24) is 10.3 Å². The van der Waals surface area contributed by atoms with Crippen LogP contribution >= 0.6 is 15.9 Å². The second-order valence-corrected chi connectivity index (χ2v) is 4.66. The van der Waals surface area contributed by atoms with E-state index < -0.39 is 0 Å². The van der Waals surface area contributed by atoms with Gasteiger partial charge in [-0.2, -0.15) is 0 Å². The summed E-state index contributed by atoms with van der Waals surface area (Å²) in [4.78, 5) is 15.7. The van der Waals surface area contributed by atoms with Crippen molar-refractivity contribution in [2.45, 2.75) is 25.1 Å². The molecule has 0 aromatic carbocycles. The van der Waals surface area contributed by atoms with Crippen LogP contribution in [0.15, 0.2) is 10.8 Å². The molecule has 1 amide bonds. The molecule has 0 spiro atoms. The highest BCUT2D eigenvalue weighted by molar-refractivity contribution is 9.09. The molecule has 0 radical (unpaired) electrons. The lowest BCUT2D eigenvalue weighted by atomic mass is 10.3. The van der Waals surface area contributed by atoms with E-state index in [2.05, 4.69) is 26.2 Å². The van der Waals surface area contributed by atoms with E-state index in [9.17, 15) is 4.79 Å². The zero-order valence-electron chi connectivity index (χ0n) is 8.21. The average molecular weight is 261 g/mol. The Bertz CT molecular complexity index is 310. The molecule has 0 bridgehead atoms. The zero-order chi connectivity index (χ0) is 10.6. The molecule has 1 heterocycles. The van der Waals surface area contributed by atoms with Crippen LogP contribution in [0.2, 0.25) is 0 Å². The molecule has 0 fully saturated rings. The van der Waals surface area contributed by atoms with Gasteiger partial charge in [0.05, 0.1) is 5.69 Å². The van der Waals surface area contributed by atoms with Crippen LogP contribution in [-0.2, 0) is 0 Å². The molecule has 0 aliphatic carbocycles. The SMILES string of the molecule is Cc1ncoc1C(=O)NCCC(C)Br. The van der Waals surface area contributed by atoms with E-state index in [4.69, 9.17) is 4.42 Å². The van der Waals surface area contributed by atoms with E-state index in [0.717, 1.165) is 6.42 Å². The lowest BCUT2D eigenvalue weighted by Gasteiger charge is -2.04. The van der Waals surface area contributed by atoms with Crippen molar-refractivity contribution in [1.29, 1.82) is 0 Å². The summed E-state index contributed by atoms with van der Waals surface area (Å²) in [6, 6.07) is 0. The minimum absolute atomic E-state index is 0.201. The van der Waals surface area contributed by atoms with Crippen molar-refractivity contribution in [3.63, 3.8) is 0 Å². The highest BCUT2D eigenvalue weighted by Crippen LogP contribution is 2.05. The summed E-state index contributed by atoms with van der Waals surface area (Å²) in [6.45, 7) is 4.41. The summed E-state index contributed by atoms with van der Waals surface area (Å²) in [7, 11) is 0. The molecule has 0 aliphatic heterocycles. The Hall–Kier alpha value is -0.840. The van der Waals surface area contributed by atoms with E-state index in [1.807, 2.05) is 6.92 Å². The quantitative estimate of drug-likeness (QED) is 0.842. The molecule has 1 atom stereocenters. The van der Waals surface area contributed by atoms with Crippen LogP contribution in [-0.4, -0.2) is 22.3 Å². The number of nitrogens with one attached hydrogen (secondary N) is 1. The smallest absolute Gasteiger partial charge is 0.288 e. The standard InChI is InChI=1S/C9H13BrN2O2/c1-6(10)3-4-11-9(13)8-7(2)12-5-14-8/h5-6H,3-4H2,1-2H3,(H,11,13). The second-order valence-electron chi connectivity index (χ2n) is 3.09. The molecular weight excluding hydrogens is 248 g/mol. The van der Waals surface area contributed by atoms with Crippen LogP contribution in [0, 0.1) is 6.92 Å². The number of rotatable bonds is 4. The maximum absolute atomic E-state index is 11.4. The summed E-state index contributed by atoms with van der Waals surface area (Å²) < 4.78 is 4.95. The van der Waals surface area contributed by atoms with E-state index in [-0.39, 0.29) is 5.91 Å². The van der Waals surface area contributed by atoms with Crippen LogP contribution in [0.5, 0.6) is 0 Å². The molecule has 1 aromatic rings. The summed E-state index contributed by atoms with van der Waals surface area (Å²) in [5.41, 5.74) is 0.620. The first-order valence-corrected chi connectivity index (χ1v) is 5.35. The van der Waals surface area contributed by atoms with Crippen molar-refractivity contribution in [3.05, 3.63) is 17.8 Å². The van der Waals surface area contributed by atoms with Gasteiger partial charge in [-0.05, 0) is 13.3 Å². The van der Waals surface area contributed by atoms with Crippen molar-refractivity contribution < 1.29 is 9.21 Å². The van der Waals surface area contributed by atoms with Crippen molar-refractivity contribution in [3.8, 4) is 0 Å². The third-order valence-corrected chi connectivity index (χ3v) is 2.24. The fourth-order valence-corrected chi connectivity index (χ4v) is 1.21. The molecule has 5 heteroatoms. The average Bonchev–Trinajstić information content (AvgIpc) is 2.50.